The third kappa shape index (κ3) is 5.61. The fourth-order valence-electron chi connectivity index (χ4n) is 2.53. The monoisotopic (exact) mass is 341 g/mol. The Morgan fingerprint density at radius 1 is 1.00 bits per heavy atom. The smallest absolute Gasteiger partial charge is 0.326 e. The topological polar surface area (TPSA) is 104 Å². The minimum atomic E-state index is -1.05. The molecule has 2 rings (SSSR count). The van der Waals surface area contributed by atoms with E-state index in [1.165, 1.54) is 0 Å². The van der Waals surface area contributed by atoms with Gasteiger partial charge in [-0.25, -0.2) is 9.59 Å². The first-order valence-electron chi connectivity index (χ1n) is 8.26. The largest absolute Gasteiger partial charge is 0.480 e. The van der Waals surface area contributed by atoms with E-state index >= 15 is 0 Å². The number of amides is 2. The van der Waals surface area contributed by atoms with Crippen molar-refractivity contribution in [1.82, 2.24) is 5.32 Å². The summed E-state index contributed by atoms with van der Waals surface area (Å²) >= 11 is 0. The van der Waals surface area contributed by atoms with E-state index < -0.39 is 18.0 Å². The molecule has 132 valence electrons. The van der Waals surface area contributed by atoms with Gasteiger partial charge in [-0.3, -0.25) is 0 Å². The first-order valence-corrected chi connectivity index (χ1v) is 8.26. The van der Waals surface area contributed by atoms with Gasteiger partial charge in [-0.15, -0.1) is 0 Å². The van der Waals surface area contributed by atoms with Crippen LogP contribution in [0.1, 0.15) is 19.3 Å². The maximum Gasteiger partial charge on any atom is 0.326 e. The Kier molecular flexibility index (Phi) is 6.98. The summed E-state index contributed by atoms with van der Waals surface area (Å²) < 4.78 is 0. The summed E-state index contributed by atoms with van der Waals surface area (Å²) in [6.45, 7) is 0.503. The fourth-order valence-corrected chi connectivity index (χ4v) is 2.53. The molecule has 5 N–H and O–H groups in total. The molecule has 0 fully saturated rings. The Morgan fingerprint density at radius 2 is 1.68 bits per heavy atom. The number of hydrogen-bond acceptors (Lipinski definition) is 3. The summed E-state index contributed by atoms with van der Waals surface area (Å²) in [4.78, 5) is 23.5. The molecule has 0 unspecified atom stereocenters. The van der Waals surface area contributed by atoms with Gasteiger partial charge in [0.25, 0.3) is 0 Å². The van der Waals surface area contributed by atoms with Crippen LogP contribution in [0.15, 0.2) is 54.6 Å². The van der Waals surface area contributed by atoms with Crippen molar-refractivity contribution in [1.29, 1.82) is 0 Å². The maximum atomic E-state index is 12.2. The highest BCUT2D eigenvalue weighted by Crippen LogP contribution is 2.27. The van der Waals surface area contributed by atoms with E-state index in [0.29, 0.717) is 25.1 Å². The van der Waals surface area contributed by atoms with Gasteiger partial charge in [-0.1, -0.05) is 48.5 Å². The van der Waals surface area contributed by atoms with Crippen LogP contribution in [-0.4, -0.2) is 29.7 Å². The molecular formula is C19H23N3O3. The lowest BCUT2D eigenvalue weighted by Gasteiger charge is -2.16. The lowest BCUT2D eigenvalue weighted by molar-refractivity contribution is -0.139. The van der Waals surface area contributed by atoms with Crippen molar-refractivity contribution in [3.8, 4) is 11.1 Å². The third-order valence-electron chi connectivity index (χ3n) is 3.81. The number of para-hydroxylation sites is 1. The Balaban J connectivity index is 2.06. The molecule has 6 heteroatoms. The van der Waals surface area contributed by atoms with Gasteiger partial charge < -0.3 is 21.5 Å². The molecule has 0 heterocycles. The number of hydrogen-bond donors (Lipinski definition) is 4. The molecule has 0 radical (unpaired) electrons. The fraction of sp³-hybridized carbons (Fsp3) is 0.263. The Bertz CT molecular complexity index is 704. The van der Waals surface area contributed by atoms with Crippen molar-refractivity contribution in [2.75, 3.05) is 11.9 Å². The molecule has 2 aromatic carbocycles. The summed E-state index contributed by atoms with van der Waals surface area (Å²) in [6.07, 6.45) is 1.72. The lowest BCUT2D eigenvalue weighted by Crippen LogP contribution is -2.43. The molecule has 6 nitrogen and oxygen atoms in total. The first-order chi connectivity index (χ1) is 12.1. The van der Waals surface area contributed by atoms with Crippen molar-refractivity contribution in [3.63, 3.8) is 0 Å². The first kappa shape index (κ1) is 18.5. The molecule has 0 saturated heterocycles. The molecule has 0 aliphatic carbocycles. The molecule has 2 aromatic rings. The second-order valence-corrected chi connectivity index (χ2v) is 5.69. The molecule has 0 spiro atoms. The van der Waals surface area contributed by atoms with E-state index in [9.17, 15) is 14.7 Å². The molecule has 0 aliphatic rings. The number of urea groups is 1. The van der Waals surface area contributed by atoms with Crippen LogP contribution in [0.4, 0.5) is 10.5 Å². The highest BCUT2D eigenvalue weighted by atomic mass is 16.4. The Hall–Kier alpha value is -2.86. The van der Waals surface area contributed by atoms with Gasteiger partial charge in [-0.2, -0.15) is 0 Å². The zero-order valence-electron chi connectivity index (χ0n) is 13.9. The number of benzene rings is 2. The molecule has 1 atom stereocenters. The highest BCUT2D eigenvalue weighted by molar-refractivity contribution is 5.96. The van der Waals surface area contributed by atoms with Crippen LogP contribution in [0.25, 0.3) is 11.1 Å². The number of nitrogens with two attached hydrogens (primary N) is 1. The summed E-state index contributed by atoms with van der Waals surface area (Å²) in [7, 11) is 0. The number of carboxylic acid groups (broad SMARTS) is 1. The second kappa shape index (κ2) is 9.44. The molecule has 0 aromatic heterocycles. The summed E-state index contributed by atoms with van der Waals surface area (Å²) in [5.74, 6) is -1.05. The van der Waals surface area contributed by atoms with E-state index in [2.05, 4.69) is 10.6 Å². The third-order valence-corrected chi connectivity index (χ3v) is 3.81. The zero-order valence-corrected chi connectivity index (χ0v) is 13.9. The van der Waals surface area contributed by atoms with Crippen LogP contribution < -0.4 is 16.4 Å². The van der Waals surface area contributed by atoms with Crippen molar-refractivity contribution >= 4 is 17.7 Å². The molecule has 0 saturated carbocycles. The molecule has 0 bridgehead atoms. The Morgan fingerprint density at radius 3 is 2.36 bits per heavy atom. The average Bonchev–Trinajstić information content (AvgIpc) is 2.62. The number of nitrogens with one attached hydrogen (secondary N) is 2. The van der Waals surface area contributed by atoms with Gasteiger partial charge in [-0.05, 0) is 37.4 Å². The molecule has 25 heavy (non-hydrogen) atoms. The number of rotatable bonds is 8. The number of carbonyl (C=O) groups is 2. The lowest BCUT2D eigenvalue weighted by atomic mass is 10.0. The predicted molar refractivity (Wildman–Crippen MR) is 98.4 cm³/mol. The zero-order chi connectivity index (χ0) is 18.1. The van der Waals surface area contributed by atoms with Crippen molar-refractivity contribution in [3.05, 3.63) is 54.6 Å². The van der Waals surface area contributed by atoms with Gasteiger partial charge in [0.05, 0.1) is 5.69 Å². The summed E-state index contributed by atoms with van der Waals surface area (Å²) in [5, 5.41) is 14.5. The van der Waals surface area contributed by atoms with Crippen LogP contribution in [-0.2, 0) is 4.79 Å². The minimum Gasteiger partial charge on any atom is -0.480 e. The van der Waals surface area contributed by atoms with Crippen LogP contribution in [0.2, 0.25) is 0 Å². The van der Waals surface area contributed by atoms with Gasteiger partial charge in [0, 0.05) is 5.56 Å². The maximum absolute atomic E-state index is 12.2. The van der Waals surface area contributed by atoms with E-state index in [-0.39, 0.29) is 0 Å². The molecule has 2 amide bonds. The molecular weight excluding hydrogens is 318 g/mol. The quantitative estimate of drug-likeness (QED) is 0.554. The van der Waals surface area contributed by atoms with Crippen molar-refractivity contribution in [2.45, 2.75) is 25.3 Å². The average molecular weight is 341 g/mol. The van der Waals surface area contributed by atoms with Gasteiger partial charge in [0.2, 0.25) is 0 Å². The van der Waals surface area contributed by atoms with Gasteiger partial charge in [0.15, 0.2) is 0 Å². The van der Waals surface area contributed by atoms with Crippen molar-refractivity contribution < 1.29 is 14.7 Å². The van der Waals surface area contributed by atoms with E-state index in [1.54, 1.807) is 6.07 Å². The van der Waals surface area contributed by atoms with Crippen molar-refractivity contribution in [2.24, 2.45) is 5.73 Å². The summed E-state index contributed by atoms with van der Waals surface area (Å²) in [6, 6.07) is 15.6. The van der Waals surface area contributed by atoms with Gasteiger partial charge in [0.1, 0.15) is 6.04 Å². The second-order valence-electron chi connectivity index (χ2n) is 5.69. The van der Waals surface area contributed by atoms with Crippen LogP contribution >= 0.6 is 0 Å². The van der Waals surface area contributed by atoms with E-state index in [4.69, 9.17) is 5.73 Å². The van der Waals surface area contributed by atoms with Crippen LogP contribution in [0, 0.1) is 0 Å². The normalized spacial score (nSPS) is 11.6. The SMILES string of the molecule is NCCCC[C@H](NC(=O)Nc1ccccc1-c1ccccc1)C(=O)O. The van der Waals surface area contributed by atoms with Crippen LogP contribution in [0.5, 0.6) is 0 Å². The van der Waals surface area contributed by atoms with E-state index in [0.717, 1.165) is 17.5 Å². The summed E-state index contributed by atoms with van der Waals surface area (Å²) in [5.41, 5.74) is 7.88. The number of aliphatic carboxylic acids is 1. The van der Waals surface area contributed by atoms with Gasteiger partial charge >= 0.3 is 12.0 Å². The number of unbranched alkanes of at least 4 members (excludes halogenated alkanes) is 1. The Labute approximate surface area is 147 Å². The minimum absolute atomic E-state index is 0.348. The predicted octanol–water partition coefficient (Wildman–Crippen LogP) is 3.06. The number of carbonyl (C=O) groups excluding carboxylic acids is 1. The number of anilines is 1. The standard InChI is InChI=1S/C19H23N3O3/c20-13-7-6-12-17(18(23)24)22-19(25)21-16-11-5-4-10-15(16)14-8-2-1-3-9-14/h1-5,8-11,17H,6-7,12-13,20H2,(H,23,24)(H2,21,22,25)/t17-/m0/s1. The highest BCUT2D eigenvalue weighted by Gasteiger charge is 2.19. The van der Waals surface area contributed by atoms with E-state index in [1.807, 2.05) is 48.5 Å². The number of carboxylic acids is 1. The van der Waals surface area contributed by atoms with Crippen LogP contribution in [0.3, 0.4) is 0 Å². The molecule has 0 aliphatic heterocycles.